The first-order valence-corrected chi connectivity index (χ1v) is 12.8. The van der Waals surface area contributed by atoms with E-state index in [-0.39, 0.29) is 53.5 Å². The van der Waals surface area contributed by atoms with E-state index in [9.17, 15) is 33.2 Å². The molecule has 2 aromatic carbocycles. The molecule has 4 rings (SSSR count). The topological polar surface area (TPSA) is 157 Å². The Kier molecular flexibility index (Phi) is 7.68. The van der Waals surface area contributed by atoms with Gasteiger partial charge in [-0.05, 0) is 29.8 Å². The van der Waals surface area contributed by atoms with Crippen LogP contribution in [0.15, 0.2) is 59.0 Å². The summed E-state index contributed by atoms with van der Waals surface area (Å²) in [5, 5.41) is 22.5. The van der Waals surface area contributed by atoms with E-state index < -0.39 is 38.4 Å². The van der Waals surface area contributed by atoms with Gasteiger partial charge in [-0.2, -0.15) is 4.31 Å². The Hall–Kier alpha value is -3.65. The lowest BCUT2D eigenvalue weighted by atomic mass is 9.95. The number of ether oxygens (including phenoxy) is 2. The molecule has 2 heterocycles. The number of methoxy groups -OCH3 is 1. The van der Waals surface area contributed by atoms with Crippen molar-refractivity contribution in [2.24, 2.45) is 0 Å². The van der Waals surface area contributed by atoms with Crippen LogP contribution in [-0.2, 0) is 29.1 Å². The van der Waals surface area contributed by atoms with Gasteiger partial charge in [-0.15, -0.1) is 0 Å². The van der Waals surface area contributed by atoms with Gasteiger partial charge in [0.25, 0.3) is 17.4 Å². The molecule has 2 saturated heterocycles. The van der Waals surface area contributed by atoms with Crippen molar-refractivity contribution in [3.05, 3.63) is 75.3 Å². The second kappa shape index (κ2) is 10.8. The molecule has 0 spiro atoms. The number of aliphatic hydroxyl groups excluding tert-OH is 1. The standard InChI is InChI=1S/C24H25N3O9S/c1-35-12-11-26-21(17-3-2-4-18(15-17)27(31)32)20(23(29)24(26)30)22(28)16-5-7-19(8-6-16)37(33,34)25-9-13-36-14-10-25/h2-8,15,21,28H,9-14H2,1H3. The molecule has 1 amide bonds. The molecular weight excluding hydrogens is 506 g/mol. The SMILES string of the molecule is COCCN1C(=O)C(=O)C(=C(O)c2ccc(S(=O)(=O)N3CCOCC3)cc2)C1c1cccc([N+](=O)[O-])c1. The van der Waals surface area contributed by atoms with Gasteiger partial charge in [0.2, 0.25) is 10.0 Å². The molecule has 1 N–H and O–H groups in total. The second-order valence-electron chi connectivity index (χ2n) is 8.38. The molecule has 2 aliphatic rings. The molecule has 0 radical (unpaired) electrons. The number of morpholine rings is 1. The summed E-state index contributed by atoms with van der Waals surface area (Å²) in [6, 6.07) is 9.66. The summed E-state index contributed by atoms with van der Waals surface area (Å²) in [4.78, 5) is 37.8. The Labute approximate surface area is 212 Å². The van der Waals surface area contributed by atoms with Crippen molar-refractivity contribution >= 4 is 33.2 Å². The average Bonchev–Trinajstić information content (AvgIpc) is 3.17. The highest BCUT2D eigenvalue weighted by Gasteiger charge is 2.46. The van der Waals surface area contributed by atoms with Crippen LogP contribution in [0.5, 0.6) is 0 Å². The summed E-state index contributed by atoms with van der Waals surface area (Å²) in [5.74, 6) is -2.37. The fourth-order valence-corrected chi connectivity index (χ4v) is 5.74. The lowest BCUT2D eigenvalue weighted by Gasteiger charge is -2.26. The molecule has 196 valence electrons. The van der Waals surface area contributed by atoms with Crippen LogP contribution in [0.1, 0.15) is 17.2 Å². The molecule has 37 heavy (non-hydrogen) atoms. The number of non-ortho nitro benzene ring substituents is 1. The van der Waals surface area contributed by atoms with Gasteiger partial charge in [0, 0.05) is 44.4 Å². The van der Waals surface area contributed by atoms with Crippen LogP contribution in [-0.4, -0.2) is 85.9 Å². The van der Waals surface area contributed by atoms with E-state index in [0.29, 0.717) is 13.2 Å². The molecule has 2 fully saturated rings. The molecular formula is C24H25N3O9S. The summed E-state index contributed by atoms with van der Waals surface area (Å²) in [6.45, 7) is 1.11. The average molecular weight is 532 g/mol. The van der Waals surface area contributed by atoms with Gasteiger partial charge < -0.3 is 19.5 Å². The number of benzene rings is 2. The maximum absolute atomic E-state index is 13.0. The first-order valence-electron chi connectivity index (χ1n) is 11.4. The zero-order chi connectivity index (χ0) is 26.7. The van der Waals surface area contributed by atoms with Crippen molar-refractivity contribution < 1.29 is 37.5 Å². The summed E-state index contributed by atoms with van der Waals surface area (Å²) < 4.78 is 37.4. The number of nitro groups is 1. The van der Waals surface area contributed by atoms with Crippen molar-refractivity contribution in [3.8, 4) is 0 Å². The van der Waals surface area contributed by atoms with Gasteiger partial charge in [0.05, 0.1) is 41.3 Å². The van der Waals surface area contributed by atoms with E-state index in [0.717, 1.165) is 0 Å². The number of rotatable bonds is 8. The van der Waals surface area contributed by atoms with E-state index in [1.54, 1.807) is 0 Å². The molecule has 2 aromatic rings. The van der Waals surface area contributed by atoms with E-state index in [1.807, 2.05) is 0 Å². The number of sulfonamides is 1. The highest BCUT2D eigenvalue weighted by molar-refractivity contribution is 7.89. The number of hydrogen-bond acceptors (Lipinski definition) is 9. The number of Topliss-reactive ketones (excluding diaryl/α,β-unsaturated/α-hetero) is 1. The predicted octanol–water partition coefficient (Wildman–Crippen LogP) is 1.68. The van der Waals surface area contributed by atoms with E-state index >= 15 is 0 Å². The molecule has 0 aromatic heterocycles. The van der Waals surface area contributed by atoms with Gasteiger partial charge in [-0.3, -0.25) is 19.7 Å². The van der Waals surface area contributed by atoms with Gasteiger partial charge >= 0.3 is 0 Å². The Bertz CT molecular complexity index is 1350. The number of carbonyl (C=O) groups is 2. The van der Waals surface area contributed by atoms with Gasteiger partial charge in [0.15, 0.2) is 0 Å². The largest absolute Gasteiger partial charge is 0.507 e. The zero-order valence-corrected chi connectivity index (χ0v) is 20.7. The fourth-order valence-electron chi connectivity index (χ4n) is 4.33. The number of nitrogens with zero attached hydrogens (tertiary/aromatic N) is 3. The molecule has 2 aliphatic heterocycles. The first-order chi connectivity index (χ1) is 17.7. The third kappa shape index (κ3) is 5.11. The van der Waals surface area contributed by atoms with Gasteiger partial charge in [0.1, 0.15) is 5.76 Å². The maximum Gasteiger partial charge on any atom is 0.295 e. The van der Waals surface area contributed by atoms with Crippen LogP contribution in [0, 0.1) is 10.1 Å². The van der Waals surface area contributed by atoms with Crippen molar-refractivity contribution in [2.45, 2.75) is 10.9 Å². The molecule has 0 aliphatic carbocycles. The highest BCUT2D eigenvalue weighted by Crippen LogP contribution is 2.40. The summed E-state index contributed by atoms with van der Waals surface area (Å²) in [5.41, 5.74) is -0.128. The van der Waals surface area contributed by atoms with Crippen molar-refractivity contribution in [1.82, 2.24) is 9.21 Å². The normalized spacial score (nSPS) is 20.4. The highest BCUT2D eigenvalue weighted by atomic mass is 32.2. The minimum Gasteiger partial charge on any atom is -0.507 e. The monoisotopic (exact) mass is 531 g/mol. The number of hydrogen-bond donors (Lipinski definition) is 1. The third-order valence-corrected chi connectivity index (χ3v) is 8.12. The van der Waals surface area contributed by atoms with Crippen LogP contribution < -0.4 is 0 Å². The zero-order valence-electron chi connectivity index (χ0n) is 19.9. The van der Waals surface area contributed by atoms with E-state index in [2.05, 4.69) is 0 Å². The van der Waals surface area contributed by atoms with E-state index in [1.165, 1.54) is 64.8 Å². The number of amides is 1. The fraction of sp³-hybridized carbons (Fsp3) is 0.333. The summed E-state index contributed by atoms with van der Waals surface area (Å²) >= 11 is 0. The number of ketones is 1. The first kappa shape index (κ1) is 26.4. The van der Waals surface area contributed by atoms with Crippen LogP contribution in [0.2, 0.25) is 0 Å². The van der Waals surface area contributed by atoms with Crippen molar-refractivity contribution in [1.29, 1.82) is 0 Å². The molecule has 1 atom stereocenters. The van der Waals surface area contributed by atoms with E-state index in [4.69, 9.17) is 9.47 Å². The minimum absolute atomic E-state index is 0.00160. The lowest BCUT2D eigenvalue weighted by molar-refractivity contribution is -0.384. The maximum atomic E-state index is 13.0. The molecule has 0 saturated carbocycles. The van der Waals surface area contributed by atoms with Crippen LogP contribution in [0.25, 0.3) is 5.76 Å². The molecule has 12 nitrogen and oxygen atoms in total. The van der Waals surface area contributed by atoms with Crippen LogP contribution >= 0.6 is 0 Å². The number of aliphatic hydroxyl groups is 1. The summed E-state index contributed by atoms with van der Waals surface area (Å²) in [6.07, 6.45) is 0. The van der Waals surface area contributed by atoms with Crippen LogP contribution in [0.3, 0.4) is 0 Å². The minimum atomic E-state index is -3.78. The summed E-state index contributed by atoms with van der Waals surface area (Å²) in [7, 11) is -2.36. The van der Waals surface area contributed by atoms with Gasteiger partial charge in [-0.25, -0.2) is 8.42 Å². The quantitative estimate of drug-likeness (QED) is 0.176. The Morgan fingerprint density at radius 3 is 2.46 bits per heavy atom. The van der Waals surface area contributed by atoms with Gasteiger partial charge in [-0.1, -0.05) is 12.1 Å². The second-order valence-corrected chi connectivity index (χ2v) is 10.3. The van der Waals surface area contributed by atoms with Crippen molar-refractivity contribution in [2.75, 3.05) is 46.6 Å². The molecule has 0 bridgehead atoms. The van der Waals surface area contributed by atoms with Crippen molar-refractivity contribution in [3.63, 3.8) is 0 Å². The Balaban J connectivity index is 1.76. The molecule has 13 heteroatoms. The van der Waals surface area contributed by atoms with Crippen LogP contribution in [0.4, 0.5) is 5.69 Å². The number of likely N-dealkylation sites (tertiary alicyclic amines) is 1. The predicted molar refractivity (Wildman–Crippen MR) is 130 cm³/mol. The number of nitro benzene ring substituents is 1. The Morgan fingerprint density at radius 1 is 1.16 bits per heavy atom. The third-order valence-electron chi connectivity index (χ3n) is 6.21. The Morgan fingerprint density at radius 2 is 1.84 bits per heavy atom. The molecule has 1 unspecified atom stereocenters. The smallest absolute Gasteiger partial charge is 0.295 e. The number of carbonyl (C=O) groups excluding carboxylic acids is 2. The lowest BCUT2D eigenvalue weighted by Crippen LogP contribution is -2.40.